The van der Waals surface area contributed by atoms with Crippen molar-refractivity contribution in [3.63, 3.8) is 0 Å². The molecule has 182 valence electrons. The van der Waals surface area contributed by atoms with Gasteiger partial charge in [0.2, 0.25) is 5.95 Å². The molecule has 1 aromatic heterocycles. The van der Waals surface area contributed by atoms with Crippen LogP contribution in [0.15, 0.2) is 47.3 Å². The van der Waals surface area contributed by atoms with E-state index in [4.69, 9.17) is 5.11 Å². The fraction of sp³-hybridized carbons (Fsp3) is 0.520. The molecule has 0 radical (unpaired) electrons. The van der Waals surface area contributed by atoms with Crippen LogP contribution in [0.25, 0.3) is 0 Å². The molecule has 0 fully saturated rings. The summed E-state index contributed by atoms with van der Waals surface area (Å²) in [7, 11) is 0. The van der Waals surface area contributed by atoms with Gasteiger partial charge in [-0.15, -0.1) is 11.8 Å². The summed E-state index contributed by atoms with van der Waals surface area (Å²) in [5.41, 5.74) is 4.10. The number of carbonyl (C=O) groups is 2. The Hall–Kier alpha value is -2.61. The number of allylic oxidation sites excluding steroid dienone is 5. The average molecular weight is 477 g/mol. The van der Waals surface area contributed by atoms with Crippen LogP contribution in [0.2, 0.25) is 0 Å². The monoisotopic (exact) mass is 476 g/mol. The van der Waals surface area contributed by atoms with Gasteiger partial charge in [-0.3, -0.25) is 0 Å². The Labute approximate surface area is 201 Å². The highest BCUT2D eigenvalue weighted by Gasteiger charge is 2.36. The fourth-order valence-electron chi connectivity index (χ4n) is 3.00. The summed E-state index contributed by atoms with van der Waals surface area (Å²) >= 11 is 1.54. The first-order valence-electron chi connectivity index (χ1n) is 11.1. The summed E-state index contributed by atoms with van der Waals surface area (Å²) in [6.07, 6.45) is 13.3. The van der Waals surface area contributed by atoms with Gasteiger partial charge in [-0.05, 0) is 67.2 Å². The number of nitrogens with one attached hydrogen (secondary N) is 1. The lowest BCUT2D eigenvalue weighted by atomic mass is 10.0. The number of rotatable bonds is 14. The van der Waals surface area contributed by atoms with Crippen LogP contribution < -0.4 is 5.32 Å². The van der Waals surface area contributed by atoms with Crippen LogP contribution in [0, 0.1) is 0 Å². The maximum atomic E-state index is 11.9. The lowest BCUT2D eigenvalue weighted by Crippen LogP contribution is -2.46. The Balaban J connectivity index is 2.61. The van der Waals surface area contributed by atoms with Crippen molar-refractivity contribution in [1.29, 1.82) is 0 Å². The second-order valence-corrected chi connectivity index (χ2v) is 10.6. The number of carbonyl (C=O) groups excluding carboxylic acids is 1. The van der Waals surface area contributed by atoms with E-state index < -0.39 is 22.7 Å². The van der Waals surface area contributed by atoms with Gasteiger partial charge in [0.15, 0.2) is 5.56 Å². The normalized spacial score (nSPS) is 13.4. The van der Waals surface area contributed by atoms with E-state index >= 15 is 0 Å². The Morgan fingerprint density at radius 3 is 2.12 bits per heavy atom. The average Bonchev–Trinajstić information content (AvgIpc) is 2.71. The number of hydrogen-bond acceptors (Lipinski definition) is 6. The minimum atomic E-state index is -1.01. The largest absolute Gasteiger partial charge is 0.561 e. The number of carboxylic acids is 1. The van der Waals surface area contributed by atoms with E-state index in [0.717, 1.165) is 25.7 Å². The van der Waals surface area contributed by atoms with E-state index in [1.54, 1.807) is 11.8 Å². The van der Waals surface area contributed by atoms with Crippen molar-refractivity contribution in [2.24, 2.45) is 0 Å². The molecule has 4 N–H and O–H groups in total. The third-order valence-corrected chi connectivity index (χ3v) is 6.45. The van der Waals surface area contributed by atoms with E-state index in [-0.39, 0.29) is 11.5 Å². The molecule has 8 heteroatoms. The van der Waals surface area contributed by atoms with Crippen LogP contribution in [0.4, 0.5) is 5.95 Å². The highest BCUT2D eigenvalue weighted by molar-refractivity contribution is 8.00. The summed E-state index contributed by atoms with van der Waals surface area (Å²) in [4.78, 5) is 30.9. The number of anilines is 1. The number of hydrogen-bond donors (Lipinski definition) is 2. The van der Waals surface area contributed by atoms with Gasteiger partial charge in [-0.2, -0.15) is 0 Å². The van der Waals surface area contributed by atoms with Crippen LogP contribution >= 0.6 is 11.8 Å². The Morgan fingerprint density at radius 2 is 1.61 bits per heavy atom. The lowest BCUT2D eigenvalue weighted by molar-refractivity contribution is -0.138. The van der Waals surface area contributed by atoms with Gasteiger partial charge in [0, 0.05) is 15.3 Å². The Kier molecular flexibility index (Phi) is 11.9. The molecule has 0 bridgehead atoms. The fourth-order valence-corrected chi connectivity index (χ4v) is 4.13. The summed E-state index contributed by atoms with van der Waals surface area (Å²) in [6.45, 7) is 12.3. The lowest BCUT2D eigenvalue weighted by Gasteiger charge is -2.31. The quantitative estimate of drug-likeness (QED) is 0.282. The van der Waals surface area contributed by atoms with Crippen molar-refractivity contribution in [1.82, 2.24) is 9.97 Å². The number of aromatic nitrogens is 2. The molecule has 1 rings (SSSR count). The molecule has 7 nitrogen and oxygen atoms in total. The summed E-state index contributed by atoms with van der Waals surface area (Å²) in [5.74, 6) is -1.09. The van der Waals surface area contributed by atoms with Crippen molar-refractivity contribution >= 4 is 29.6 Å². The van der Waals surface area contributed by atoms with E-state index in [1.807, 2.05) is 13.8 Å². The van der Waals surface area contributed by atoms with E-state index in [0.29, 0.717) is 5.75 Å². The predicted molar refractivity (Wildman–Crippen MR) is 137 cm³/mol. The van der Waals surface area contributed by atoms with Gasteiger partial charge in [-0.1, -0.05) is 34.9 Å². The molecule has 1 aromatic rings. The number of thioether (sulfide) groups is 1. The smallest absolute Gasteiger partial charge is 0.552 e. The van der Waals surface area contributed by atoms with Gasteiger partial charge >= 0.3 is 11.9 Å². The highest BCUT2D eigenvalue weighted by atomic mass is 32.2. The molecule has 0 aromatic carbocycles. The minimum absolute atomic E-state index is 0.0552. The summed E-state index contributed by atoms with van der Waals surface area (Å²) in [6, 6.07) is -0.930. The molecular weight excluding hydrogens is 438 g/mol. The third-order valence-electron chi connectivity index (χ3n) is 5.14. The Bertz CT molecular complexity index is 885. The van der Waals surface area contributed by atoms with Gasteiger partial charge in [0.05, 0.1) is 12.4 Å². The second-order valence-electron chi connectivity index (χ2n) is 8.91. The van der Waals surface area contributed by atoms with Gasteiger partial charge in [-0.25, -0.2) is 14.8 Å². The first-order chi connectivity index (χ1) is 15.4. The van der Waals surface area contributed by atoms with Crippen molar-refractivity contribution < 1.29 is 19.8 Å². The summed E-state index contributed by atoms with van der Waals surface area (Å²) < 4.78 is -0.642. The molecule has 33 heavy (non-hydrogen) atoms. The van der Waals surface area contributed by atoms with Gasteiger partial charge in [0.25, 0.3) is 0 Å². The zero-order valence-electron chi connectivity index (χ0n) is 20.6. The van der Waals surface area contributed by atoms with Crippen LogP contribution in [-0.4, -0.2) is 48.7 Å². The molecule has 0 aliphatic heterocycles. The first kappa shape index (κ1) is 28.4. The predicted octanol–water partition coefficient (Wildman–Crippen LogP) is 5.14. The van der Waals surface area contributed by atoms with Crippen LogP contribution in [0.1, 0.15) is 77.6 Å². The molecule has 0 amide bonds. The number of carboxylic acid groups (broad SMARTS) is 1. The molecule has 0 aliphatic rings. The number of nitrogens with zero attached hydrogens (tertiary/aromatic N) is 2. The SMILES string of the molecule is CC(C)=CCC/C(C)=C/CC/C(C)=C/CSC(C)(C)C(Nc1ncc(C(=O)[OH2+])cn1)C(=O)O. The maximum absolute atomic E-state index is 11.9. The van der Waals surface area contributed by atoms with Crippen molar-refractivity contribution in [2.45, 2.75) is 78.0 Å². The second kappa shape index (κ2) is 13.8. The van der Waals surface area contributed by atoms with E-state index in [1.165, 1.54) is 29.1 Å². The molecule has 0 aliphatic carbocycles. The van der Waals surface area contributed by atoms with Crippen molar-refractivity contribution in [2.75, 3.05) is 11.1 Å². The number of aliphatic carboxylic acids is 1. The molecule has 1 unspecified atom stereocenters. The molecule has 0 saturated heterocycles. The van der Waals surface area contributed by atoms with Gasteiger partial charge < -0.3 is 15.5 Å². The van der Waals surface area contributed by atoms with E-state index in [2.05, 4.69) is 61.2 Å². The van der Waals surface area contributed by atoms with Crippen molar-refractivity contribution in [3.05, 3.63) is 52.9 Å². The van der Waals surface area contributed by atoms with Gasteiger partial charge in [0.1, 0.15) is 6.04 Å². The molecule has 1 heterocycles. The maximum Gasteiger partial charge on any atom is 0.552 e. The van der Waals surface area contributed by atoms with Crippen LogP contribution in [-0.2, 0) is 4.79 Å². The third kappa shape index (κ3) is 11.2. The zero-order chi connectivity index (χ0) is 25.0. The Morgan fingerprint density at radius 1 is 1.06 bits per heavy atom. The molecule has 0 saturated carbocycles. The van der Waals surface area contributed by atoms with Crippen LogP contribution in [0.3, 0.4) is 0 Å². The van der Waals surface area contributed by atoms with Crippen molar-refractivity contribution in [3.8, 4) is 0 Å². The minimum Gasteiger partial charge on any atom is -0.561 e. The summed E-state index contributed by atoms with van der Waals surface area (Å²) in [5, 5.41) is 19.7. The molecule has 1 atom stereocenters. The molecular formula is C25H38N3O4S+. The molecule has 0 spiro atoms. The van der Waals surface area contributed by atoms with Crippen LogP contribution in [0.5, 0.6) is 0 Å². The highest BCUT2D eigenvalue weighted by Crippen LogP contribution is 2.30. The first-order valence-corrected chi connectivity index (χ1v) is 12.1. The van der Waals surface area contributed by atoms with E-state index in [9.17, 15) is 14.7 Å². The zero-order valence-corrected chi connectivity index (χ0v) is 21.4. The topological polar surface area (TPSA) is 115 Å². The standard InChI is InChI=1S/C25H37N3O4S/c1-17(2)9-7-10-18(3)11-8-12-19(4)13-14-33-25(5,6)21(23(31)32)28-24-26-15-20(16-27-24)22(29)30/h9,11,13,15-16,21H,7-8,10,12,14H2,1-6H3,(H,29,30)(H,31,32)(H,26,27,28)/p+1/b18-11+,19-13+.